The van der Waals surface area contributed by atoms with Crippen molar-refractivity contribution in [1.29, 1.82) is 0 Å². The van der Waals surface area contributed by atoms with E-state index in [1.165, 1.54) is 0 Å². The third-order valence-corrected chi connectivity index (χ3v) is 0. The van der Waals surface area contributed by atoms with Gasteiger partial charge in [-0.05, 0) is 0 Å². The molecule has 0 heterocycles. The van der Waals surface area contributed by atoms with E-state index in [4.69, 9.17) is 51.9 Å². The van der Waals surface area contributed by atoms with Gasteiger partial charge in [0.1, 0.15) is 0 Å². The van der Waals surface area contributed by atoms with E-state index in [0.717, 1.165) is 0 Å². The summed E-state index contributed by atoms with van der Waals surface area (Å²) in [4.78, 5) is 51.3. The zero-order valence-electron chi connectivity index (χ0n) is 12.1. The Morgan fingerprint density at radius 1 is 0.565 bits per heavy atom. The molecule has 23 heteroatoms. The van der Waals surface area contributed by atoms with E-state index < -0.39 is 99.1 Å². The third kappa shape index (κ3) is 2860. The van der Waals surface area contributed by atoms with Crippen LogP contribution in [0, 0.1) is 83.5 Å². The molecule has 0 rings (SSSR count). The van der Waals surface area contributed by atoms with Crippen LogP contribution in [0.2, 0.25) is 0 Å². The zero-order valence-corrected chi connectivity index (χ0v) is 26.4. The second-order valence-corrected chi connectivity index (χ2v) is 5.02. The van der Waals surface area contributed by atoms with E-state index in [0.29, 0.717) is 0 Å². The molecule has 16 N–H and O–H groups in total. The molecule has 0 aliphatic heterocycles. The Labute approximate surface area is 173 Å². The Morgan fingerprint density at radius 2 is 0.565 bits per heavy atom. The molecule has 0 aromatic heterocycles. The minimum atomic E-state index is -5.39. The van der Waals surface area contributed by atoms with Gasteiger partial charge in [-0.25, -0.2) is 0 Å². The maximum atomic E-state index is 8.58. The normalized spacial score (nSPS) is 6.17. The molecule has 0 aliphatic rings. The van der Waals surface area contributed by atoms with E-state index in [9.17, 15) is 0 Å². The van der Waals surface area contributed by atoms with Crippen LogP contribution in [0.15, 0.2) is 0 Å². The van der Waals surface area contributed by atoms with Crippen molar-refractivity contribution in [3.63, 3.8) is 0 Å². The van der Waals surface area contributed by atoms with Crippen LogP contribution < -0.4 is 54.0 Å². The average molecular weight is 1070 g/mol. The summed E-state index contributed by atoms with van der Waals surface area (Å²) in [6.45, 7) is 0. The molecule has 0 aromatic rings. The van der Waals surface area contributed by atoms with Crippen LogP contribution in [-0.2, 0) is 22.5 Å². The second kappa shape index (κ2) is 43.9. The van der Waals surface area contributed by atoms with E-state index >= 15 is 0 Å². The van der Waals surface area contributed by atoms with Crippen LogP contribution in [0.4, 0.5) is 0 Å². The van der Waals surface area contributed by atoms with Crippen LogP contribution in [0.3, 0.4) is 0 Å². The molecule has 0 aliphatic carbocycles. The number of phosphoric acid groups is 2. The summed E-state index contributed by atoms with van der Waals surface area (Å²) in [5.41, 5.74) is 0. The summed E-state index contributed by atoms with van der Waals surface area (Å²) in [6.07, 6.45) is 0. The van der Waals surface area contributed by atoms with Gasteiger partial charge in [-0.15, -0.1) is 0 Å². The van der Waals surface area contributed by atoms with Crippen molar-refractivity contribution in [3.8, 4) is 0 Å². The van der Waals surface area contributed by atoms with E-state index in [1.807, 2.05) is 0 Å². The van der Waals surface area contributed by atoms with Crippen LogP contribution in [0.1, 0.15) is 0 Å². The summed E-state index contributed by atoms with van der Waals surface area (Å²) in [5.74, 6) is 0. The summed E-state index contributed by atoms with van der Waals surface area (Å²) in [6, 6.07) is 0. The van der Waals surface area contributed by atoms with E-state index in [2.05, 4.69) is 0 Å². The molecule has 142 valence electrons. The van der Waals surface area contributed by atoms with Crippen molar-refractivity contribution in [2.45, 2.75) is 0 Å². The average Bonchev–Trinajstić information content (AvgIpc) is 1.99. The van der Waals surface area contributed by atoms with Crippen LogP contribution in [0.25, 0.3) is 0 Å². The number of hydrogen-bond acceptors (Lipinski definition) is 14. The first-order valence-corrected chi connectivity index (χ1v) is 15.8. The molecule has 0 unspecified atom stereocenters. The monoisotopic (exact) mass is 1070 g/mol. The molecular formula is H16N4O14P2U3. The molecule has 0 fully saturated rings. The van der Waals surface area contributed by atoms with Crippen LogP contribution in [-0.4, -0.2) is 0 Å². The molecule has 0 bridgehead atoms. The Morgan fingerprint density at radius 3 is 0.565 bits per heavy atom. The fourth-order valence-corrected chi connectivity index (χ4v) is 0. The summed E-state index contributed by atoms with van der Waals surface area (Å²) in [5, 5.41) is 0. The van der Waals surface area contributed by atoms with Gasteiger partial charge in [-0.2, -0.15) is 15.6 Å². The molecule has 18 nitrogen and oxygen atoms in total. The second-order valence-electron chi connectivity index (χ2n) is 1.14. The molecule has 0 atom stereocenters. The van der Waals surface area contributed by atoms with Crippen LogP contribution in [0.5, 0.6) is 0 Å². The maximum absolute atomic E-state index is 8.58. The standard InChI is InChI=1S/4H3N.2H3O4P.6O.3U/c;;;;2*1-5(2,3)4;;;;;;;;;/h4*1H3;2*(H3,1,2,3,4);;;;;;;;;/q;;;;;;;;;;;;-2;2*+2/p-2. The Kier molecular flexibility index (Phi) is 107. The molecule has 0 spiro atoms. The Balaban J connectivity index is -0.0000000149. The number of rotatable bonds is 0. The zero-order chi connectivity index (χ0) is 17.1. The van der Waals surface area contributed by atoms with E-state index in [-0.39, 0.29) is 24.6 Å². The predicted octanol–water partition coefficient (Wildman–Crippen LogP) is -4.86. The number of quaternary nitrogens is 4. The molecule has 23 heavy (non-hydrogen) atoms. The van der Waals surface area contributed by atoms with Gasteiger partial charge < -0.3 is 63.1 Å². The SMILES string of the molecule is O=P([O-])([O-])[O-].O=P([O-])([O-])[O-].[NH4+].[NH4+].[NH4+].[NH4+].[O]=[U+2]=[O].[O]=[U+2]=[O].[O]=[U-2]=[O]. The fraction of sp³-hybridized carbons (Fsp3) is 0. The van der Waals surface area contributed by atoms with Gasteiger partial charge in [0.2, 0.25) is 0 Å². The molecule has 0 saturated carbocycles. The summed E-state index contributed by atoms with van der Waals surface area (Å²) in [7, 11) is -10.8. The van der Waals surface area contributed by atoms with Gasteiger partial charge in [0.25, 0.3) is 0 Å². The van der Waals surface area contributed by atoms with Crippen molar-refractivity contribution in [3.05, 3.63) is 0 Å². The topological polar surface area (TPSA) is 421 Å². The first-order chi connectivity index (χ1) is 8.24. The van der Waals surface area contributed by atoms with Gasteiger partial charge in [0.15, 0.2) is 0 Å². The molecule has 0 saturated heterocycles. The van der Waals surface area contributed by atoms with E-state index in [1.54, 1.807) is 0 Å². The summed E-state index contributed by atoms with van der Waals surface area (Å²) < 4.78 is 68.6. The predicted molar refractivity (Wildman–Crippen MR) is 43.3 cm³/mol. The van der Waals surface area contributed by atoms with Crippen molar-refractivity contribution >= 4 is 15.6 Å². The van der Waals surface area contributed by atoms with Crippen molar-refractivity contribution in [1.82, 2.24) is 24.6 Å². The van der Waals surface area contributed by atoms with Crippen molar-refractivity contribution in [2.75, 3.05) is 0 Å². The first-order valence-electron chi connectivity index (χ1n) is 2.69. The molecular weight excluding hydrogens is 1060 g/mol. The van der Waals surface area contributed by atoms with Gasteiger partial charge in [0.05, 0.1) is 0 Å². The molecule has 0 aromatic carbocycles. The van der Waals surface area contributed by atoms with Gasteiger partial charge in [-0.1, -0.05) is 0 Å². The van der Waals surface area contributed by atoms with Crippen molar-refractivity contribution in [2.24, 2.45) is 0 Å². The molecule has 0 amide bonds. The Bertz CT molecular complexity index is 316. The third-order valence-electron chi connectivity index (χ3n) is 0. The fourth-order valence-electron chi connectivity index (χ4n) is 0. The quantitative estimate of drug-likeness (QED) is 0.165. The molecule has 0 radical (unpaired) electrons. The van der Waals surface area contributed by atoms with Gasteiger partial charge >= 0.3 is 96.9 Å². The van der Waals surface area contributed by atoms with Gasteiger partial charge in [-0.3, -0.25) is 0 Å². The van der Waals surface area contributed by atoms with Crippen LogP contribution >= 0.6 is 15.6 Å². The number of hydrogen-bond donors (Lipinski definition) is 4. The van der Waals surface area contributed by atoms with Crippen molar-refractivity contribution < 1.29 is 135 Å². The van der Waals surface area contributed by atoms with Gasteiger partial charge in [0, 0.05) is 0 Å². The Hall–Kier alpha value is 2.02. The summed E-state index contributed by atoms with van der Waals surface area (Å²) >= 11 is -7.52. The first kappa shape index (κ1) is 56.2. The minimum absolute atomic E-state index is 0.